The summed E-state index contributed by atoms with van der Waals surface area (Å²) in [5.74, 6) is 1.50. The Kier molecular flexibility index (Phi) is 17.7. The van der Waals surface area contributed by atoms with Gasteiger partial charge in [0.1, 0.15) is 36.6 Å². The first-order chi connectivity index (χ1) is 31.0. The van der Waals surface area contributed by atoms with Crippen LogP contribution in [0.5, 0.6) is 5.75 Å². The van der Waals surface area contributed by atoms with Crippen LogP contribution in [0.4, 0.5) is 9.59 Å². The Morgan fingerprint density at radius 3 is 2.17 bits per heavy atom. The number of hydrogen-bond acceptors (Lipinski definition) is 10. The molecule has 0 spiro atoms. The molecule has 4 amide bonds. The smallest absolute Gasteiger partial charge is 0.407 e. The first-order valence-electron chi connectivity index (χ1n) is 21.5. The van der Waals surface area contributed by atoms with Gasteiger partial charge in [-0.05, 0) is 64.7 Å². The van der Waals surface area contributed by atoms with Crippen LogP contribution in [0.1, 0.15) is 75.8 Å². The Bertz CT molecular complexity index is 2500. The van der Waals surface area contributed by atoms with Crippen LogP contribution in [0.3, 0.4) is 0 Å². The number of nitrogens with one attached hydrogen (secondary N) is 4. The molecule has 0 saturated heterocycles. The molecule has 340 valence electrons. The quantitative estimate of drug-likeness (QED) is 0.0828. The highest BCUT2D eigenvalue weighted by molar-refractivity contribution is 6.07. The number of aromatic nitrogens is 4. The zero-order chi connectivity index (χ0) is 46.2. The number of aromatic amines is 2. The zero-order valence-corrected chi connectivity index (χ0v) is 38.0. The van der Waals surface area contributed by atoms with E-state index in [-0.39, 0.29) is 31.4 Å². The van der Waals surface area contributed by atoms with Gasteiger partial charge in [0.15, 0.2) is 0 Å². The summed E-state index contributed by atoms with van der Waals surface area (Å²) in [5.41, 5.74) is 7.06. The zero-order valence-electron chi connectivity index (χ0n) is 38.0. The number of benzene rings is 4. The molecule has 0 saturated carbocycles. The number of ether oxygens (including phenoxy) is 4. The second kappa shape index (κ2) is 23.5. The predicted molar refractivity (Wildman–Crippen MR) is 246 cm³/mol. The van der Waals surface area contributed by atoms with Gasteiger partial charge in [0.25, 0.3) is 0 Å². The number of alkyl carbamates (subject to hydrolysis) is 2. The molecule has 0 bridgehead atoms. The lowest BCUT2D eigenvalue weighted by Gasteiger charge is -2.27. The fraction of sp³-hybridized carbons (Fsp3) is 0.375. The number of methoxy groups -OCH3 is 3. The Balaban J connectivity index is 0.00000122. The van der Waals surface area contributed by atoms with Crippen molar-refractivity contribution < 1.29 is 38.1 Å². The summed E-state index contributed by atoms with van der Waals surface area (Å²) in [4.78, 5) is 70.1. The van der Waals surface area contributed by atoms with E-state index in [0.29, 0.717) is 43.3 Å². The summed E-state index contributed by atoms with van der Waals surface area (Å²) in [6, 6.07) is 22.6. The maximum absolute atomic E-state index is 13.9. The standard InChI is InChI=1S/C43H46N8O7.C3H8.C2H6O/c1-5-16-50(38(52)22-45-42(54)56-3)24-37-46-33-15-13-27-19-32-30-14-12-28(18-29(30)25-58-35(32)20-31(27)40(33)48-37)34-21-44-36(47-34)23-51(17-6-2)41(53)39(49-43(55)57-4)26-10-8-7-9-11-26;2*1-3-2/h7-15,18-21,39H,5-6,16-17,22-25H2,1-4H3,(H,44,47)(H,45,54)(H,46,48)(H,49,55);3H2,1-2H3;1-2H3. The number of rotatable bonds is 14. The molecule has 7 rings (SSSR count). The van der Waals surface area contributed by atoms with E-state index in [2.05, 4.69) is 67.1 Å². The van der Waals surface area contributed by atoms with Gasteiger partial charge < -0.3 is 49.3 Å². The minimum atomic E-state index is -0.916. The number of H-pyrrole nitrogens is 2. The SMILES string of the molecule is CCC.CCCN(Cc1nc2c(ccc3cc4c(cc32)OCc2cc(-c3cnc(CN(CCC)C(=O)C(NC(=O)OC)c5ccccc5)[nH]3)ccc2-4)[nH]1)C(=O)CNC(=O)OC.COC. The van der Waals surface area contributed by atoms with Crippen molar-refractivity contribution in [1.29, 1.82) is 0 Å². The van der Waals surface area contributed by atoms with Gasteiger partial charge >= 0.3 is 12.2 Å². The number of nitrogens with zero attached hydrogens (tertiary/aromatic N) is 4. The first-order valence-corrected chi connectivity index (χ1v) is 21.5. The maximum Gasteiger partial charge on any atom is 0.407 e. The summed E-state index contributed by atoms with van der Waals surface area (Å²) in [6.07, 6.45) is 3.13. The van der Waals surface area contributed by atoms with Gasteiger partial charge in [0.05, 0.1) is 50.2 Å². The Labute approximate surface area is 374 Å². The third-order valence-corrected chi connectivity index (χ3v) is 10.1. The van der Waals surface area contributed by atoms with Crippen molar-refractivity contribution in [2.24, 2.45) is 0 Å². The summed E-state index contributed by atoms with van der Waals surface area (Å²) < 4.78 is 20.0. The number of carbonyl (C=O) groups is 4. The highest BCUT2D eigenvalue weighted by atomic mass is 16.5. The minimum absolute atomic E-state index is 0.167. The van der Waals surface area contributed by atoms with Crippen molar-refractivity contribution >= 4 is 45.8 Å². The number of amides is 4. The van der Waals surface area contributed by atoms with Gasteiger partial charge in [-0.1, -0.05) is 82.6 Å². The van der Waals surface area contributed by atoms with E-state index in [1.807, 2.05) is 56.3 Å². The molecule has 16 heteroatoms. The van der Waals surface area contributed by atoms with Gasteiger partial charge in [-0.3, -0.25) is 9.59 Å². The third-order valence-electron chi connectivity index (χ3n) is 10.1. The molecule has 0 radical (unpaired) electrons. The van der Waals surface area contributed by atoms with Crippen LogP contribution in [-0.4, -0.2) is 102 Å². The molecule has 1 aliphatic rings. The van der Waals surface area contributed by atoms with Gasteiger partial charge in [-0.2, -0.15) is 0 Å². The topological polar surface area (TPSA) is 193 Å². The molecular weight excluding hydrogens is 817 g/mol. The van der Waals surface area contributed by atoms with Gasteiger partial charge in [-0.15, -0.1) is 0 Å². The van der Waals surface area contributed by atoms with Crippen molar-refractivity contribution in [2.45, 2.75) is 72.7 Å². The molecule has 1 aliphatic heterocycles. The van der Waals surface area contributed by atoms with Gasteiger partial charge in [0.2, 0.25) is 11.8 Å². The number of fused-ring (bicyclic) bond motifs is 6. The molecule has 16 nitrogen and oxygen atoms in total. The van der Waals surface area contributed by atoms with E-state index in [9.17, 15) is 19.2 Å². The summed E-state index contributed by atoms with van der Waals surface area (Å²) in [7, 11) is 5.77. The van der Waals surface area contributed by atoms with Crippen LogP contribution in [0.15, 0.2) is 79.0 Å². The molecule has 64 heavy (non-hydrogen) atoms. The lowest BCUT2D eigenvalue weighted by Crippen LogP contribution is -2.43. The second-order valence-electron chi connectivity index (χ2n) is 15.1. The average molecular weight is 877 g/mol. The molecule has 1 unspecified atom stereocenters. The number of carbonyl (C=O) groups excluding carboxylic acids is 4. The molecule has 0 aliphatic carbocycles. The predicted octanol–water partition coefficient (Wildman–Crippen LogP) is 8.28. The minimum Gasteiger partial charge on any atom is -0.488 e. The molecule has 4 aromatic carbocycles. The monoisotopic (exact) mass is 876 g/mol. The lowest BCUT2D eigenvalue weighted by molar-refractivity contribution is -0.134. The highest BCUT2D eigenvalue weighted by Gasteiger charge is 2.29. The van der Waals surface area contributed by atoms with Crippen LogP contribution in [0.2, 0.25) is 0 Å². The van der Waals surface area contributed by atoms with E-state index in [1.54, 1.807) is 42.3 Å². The van der Waals surface area contributed by atoms with E-state index in [4.69, 9.17) is 14.5 Å². The van der Waals surface area contributed by atoms with Crippen LogP contribution in [-0.2, 0) is 43.5 Å². The largest absolute Gasteiger partial charge is 0.488 e. The van der Waals surface area contributed by atoms with E-state index in [1.165, 1.54) is 20.6 Å². The number of imidazole rings is 2. The van der Waals surface area contributed by atoms with Crippen LogP contribution in [0, 0.1) is 0 Å². The fourth-order valence-corrected chi connectivity index (χ4v) is 7.25. The Hall–Kier alpha value is -6.94. The van der Waals surface area contributed by atoms with Crippen molar-refractivity contribution in [1.82, 2.24) is 40.4 Å². The molecular formula is C48H60N8O8. The first kappa shape index (κ1) is 48.1. The second-order valence-corrected chi connectivity index (χ2v) is 15.1. The number of hydrogen-bond donors (Lipinski definition) is 4. The molecule has 0 fully saturated rings. The van der Waals surface area contributed by atoms with Gasteiger partial charge in [-0.25, -0.2) is 19.6 Å². The van der Waals surface area contributed by atoms with Gasteiger partial charge in [0, 0.05) is 38.3 Å². The maximum atomic E-state index is 13.9. The Morgan fingerprint density at radius 2 is 1.48 bits per heavy atom. The van der Waals surface area contributed by atoms with Crippen LogP contribution < -0.4 is 15.4 Å². The average Bonchev–Trinajstić information content (AvgIpc) is 3.96. The Morgan fingerprint density at radius 1 is 0.797 bits per heavy atom. The normalized spacial score (nSPS) is 11.6. The molecule has 2 aromatic heterocycles. The van der Waals surface area contributed by atoms with Crippen molar-refractivity contribution in [3.63, 3.8) is 0 Å². The summed E-state index contributed by atoms with van der Waals surface area (Å²) in [5, 5.41) is 7.07. The third kappa shape index (κ3) is 11.9. The lowest BCUT2D eigenvalue weighted by atomic mass is 9.92. The van der Waals surface area contributed by atoms with E-state index < -0.39 is 18.2 Å². The van der Waals surface area contributed by atoms with Crippen molar-refractivity contribution in [2.75, 3.05) is 48.1 Å². The highest BCUT2D eigenvalue weighted by Crippen LogP contribution is 2.42. The molecule has 4 N–H and O–H groups in total. The van der Waals surface area contributed by atoms with Crippen molar-refractivity contribution in [3.8, 4) is 28.1 Å². The fourth-order valence-electron chi connectivity index (χ4n) is 7.25. The summed E-state index contributed by atoms with van der Waals surface area (Å²) in [6.45, 7) is 9.89. The molecule has 1 atom stereocenters. The molecule has 6 aromatic rings. The molecule has 3 heterocycles. The van der Waals surface area contributed by atoms with Crippen molar-refractivity contribution in [3.05, 3.63) is 102 Å². The summed E-state index contributed by atoms with van der Waals surface area (Å²) >= 11 is 0. The van der Waals surface area contributed by atoms with E-state index in [0.717, 1.165) is 61.9 Å². The van der Waals surface area contributed by atoms with Crippen LogP contribution >= 0.6 is 0 Å². The van der Waals surface area contributed by atoms with E-state index >= 15 is 0 Å². The van der Waals surface area contributed by atoms with Crippen LogP contribution in [0.25, 0.3) is 44.2 Å².